The summed E-state index contributed by atoms with van der Waals surface area (Å²) < 4.78 is 0. The fourth-order valence-corrected chi connectivity index (χ4v) is 3.48. The lowest BCUT2D eigenvalue weighted by Gasteiger charge is -2.35. The quantitative estimate of drug-likeness (QED) is 0.436. The van der Waals surface area contributed by atoms with Gasteiger partial charge < -0.3 is 15.5 Å². The molecule has 1 aromatic carbocycles. The molecule has 5 nitrogen and oxygen atoms in total. The third-order valence-electron chi connectivity index (χ3n) is 4.21. The first kappa shape index (κ1) is 19.0. The van der Waals surface area contributed by atoms with Gasteiger partial charge in [-0.2, -0.15) is 0 Å². The zero-order chi connectivity index (χ0) is 16.1. The maximum Gasteiger partial charge on any atom is 0.191 e. The van der Waals surface area contributed by atoms with Crippen molar-refractivity contribution < 1.29 is 0 Å². The highest BCUT2D eigenvalue weighted by molar-refractivity contribution is 14.0. The summed E-state index contributed by atoms with van der Waals surface area (Å²) in [5.74, 6) is 0.664. The predicted octanol–water partition coefficient (Wildman–Crippen LogP) is 2.75. The summed E-state index contributed by atoms with van der Waals surface area (Å²) in [7, 11) is 0. The van der Waals surface area contributed by atoms with Crippen LogP contribution in [0.4, 0.5) is 5.13 Å². The van der Waals surface area contributed by atoms with E-state index in [-0.39, 0.29) is 24.0 Å². The number of hydrogen-bond donors (Lipinski definition) is 1. The Labute approximate surface area is 164 Å². The van der Waals surface area contributed by atoms with Crippen molar-refractivity contribution in [3.63, 3.8) is 0 Å². The molecule has 0 aliphatic carbocycles. The Balaban J connectivity index is 0.00000208. The summed E-state index contributed by atoms with van der Waals surface area (Å²) in [5.41, 5.74) is 8.82. The SMILES string of the molecule is Cc1ccccc1CCN=C(N)N1CCN(c2nccs2)CC1.I. The molecule has 1 saturated heterocycles. The molecule has 1 aliphatic rings. The Morgan fingerprint density at radius 3 is 2.67 bits per heavy atom. The highest BCUT2D eigenvalue weighted by atomic mass is 127. The Morgan fingerprint density at radius 1 is 1.25 bits per heavy atom. The minimum absolute atomic E-state index is 0. The van der Waals surface area contributed by atoms with E-state index < -0.39 is 0 Å². The molecular formula is C17H24IN5S. The van der Waals surface area contributed by atoms with Crippen molar-refractivity contribution in [3.8, 4) is 0 Å². The summed E-state index contributed by atoms with van der Waals surface area (Å²) >= 11 is 1.69. The van der Waals surface area contributed by atoms with Crippen molar-refractivity contribution in [2.75, 3.05) is 37.6 Å². The van der Waals surface area contributed by atoms with Crippen molar-refractivity contribution in [1.29, 1.82) is 0 Å². The number of aryl methyl sites for hydroxylation is 1. The number of piperazine rings is 1. The molecule has 0 saturated carbocycles. The lowest BCUT2D eigenvalue weighted by atomic mass is 10.1. The molecule has 0 bridgehead atoms. The molecule has 1 aliphatic heterocycles. The smallest absolute Gasteiger partial charge is 0.191 e. The molecule has 7 heteroatoms. The van der Waals surface area contributed by atoms with Crippen molar-refractivity contribution in [3.05, 3.63) is 47.0 Å². The first-order valence-electron chi connectivity index (χ1n) is 7.98. The predicted molar refractivity (Wildman–Crippen MR) is 113 cm³/mol. The number of halogens is 1. The van der Waals surface area contributed by atoms with Gasteiger partial charge in [0.05, 0.1) is 0 Å². The Hall–Kier alpha value is -1.35. The number of nitrogens with zero attached hydrogens (tertiary/aromatic N) is 4. The lowest BCUT2D eigenvalue weighted by Crippen LogP contribution is -2.51. The number of nitrogens with two attached hydrogens (primary N) is 1. The molecule has 0 radical (unpaired) electrons. The lowest BCUT2D eigenvalue weighted by molar-refractivity contribution is 0.380. The number of hydrogen-bond acceptors (Lipinski definition) is 4. The van der Waals surface area contributed by atoms with Gasteiger partial charge in [0, 0.05) is 44.3 Å². The van der Waals surface area contributed by atoms with E-state index in [1.807, 2.05) is 11.6 Å². The average molecular weight is 457 g/mol. The average Bonchev–Trinajstić information content (AvgIpc) is 3.11. The molecule has 130 valence electrons. The van der Waals surface area contributed by atoms with Crippen LogP contribution >= 0.6 is 35.3 Å². The Morgan fingerprint density at radius 2 is 2.00 bits per heavy atom. The Bertz CT molecular complexity index is 651. The van der Waals surface area contributed by atoms with E-state index in [1.165, 1.54) is 11.1 Å². The molecule has 2 N–H and O–H groups in total. The van der Waals surface area contributed by atoms with Crippen LogP contribution in [0.1, 0.15) is 11.1 Å². The van der Waals surface area contributed by atoms with Crippen LogP contribution in [0, 0.1) is 6.92 Å². The number of aliphatic imine (C=N–C) groups is 1. The van der Waals surface area contributed by atoms with E-state index in [9.17, 15) is 0 Å². The van der Waals surface area contributed by atoms with Crippen molar-refractivity contribution in [2.24, 2.45) is 10.7 Å². The first-order chi connectivity index (χ1) is 11.2. The molecule has 24 heavy (non-hydrogen) atoms. The third kappa shape index (κ3) is 4.83. The summed E-state index contributed by atoms with van der Waals surface area (Å²) in [6, 6.07) is 8.44. The summed E-state index contributed by atoms with van der Waals surface area (Å²) in [6.07, 6.45) is 2.79. The van der Waals surface area contributed by atoms with Gasteiger partial charge in [0.1, 0.15) is 0 Å². The van der Waals surface area contributed by atoms with E-state index in [4.69, 9.17) is 5.73 Å². The van der Waals surface area contributed by atoms with Gasteiger partial charge in [-0.15, -0.1) is 35.3 Å². The fourth-order valence-electron chi connectivity index (χ4n) is 2.78. The fraction of sp³-hybridized carbons (Fsp3) is 0.412. The summed E-state index contributed by atoms with van der Waals surface area (Å²) in [5, 5.41) is 3.11. The van der Waals surface area contributed by atoms with Crippen molar-refractivity contribution in [1.82, 2.24) is 9.88 Å². The van der Waals surface area contributed by atoms with Gasteiger partial charge in [0.25, 0.3) is 0 Å². The van der Waals surface area contributed by atoms with Crippen LogP contribution in [-0.2, 0) is 6.42 Å². The van der Waals surface area contributed by atoms with Gasteiger partial charge in [0.2, 0.25) is 0 Å². The molecule has 0 spiro atoms. The van der Waals surface area contributed by atoms with Crippen LogP contribution in [-0.4, -0.2) is 48.6 Å². The topological polar surface area (TPSA) is 57.8 Å². The highest BCUT2D eigenvalue weighted by Gasteiger charge is 2.19. The molecule has 2 heterocycles. The number of rotatable bonds is 4. The van der Waals surface area contributed by atoms with E-state index in [0.29, 0.717) is 5.96 Å². The van der Waals surface area contributed by atoms with Crippen LogP contribution in [0.15, 0.2) is 40.8 Å². The number of thiazole rings is 1. The van der Waals surface area contributed by atoms with Gasteiger partial charge in [0.15, 0.2) is 11.1 Å². The van der Waals surface area contributed by atoms with Crippen molar-refractivity contribution in [2.45, 2.75) is 13.3 Å². The van der Waals surface area contributed by atoms with Gasteiger partial charge >= 0.3 is 0 Å². The van der Waals surface area contributed by atoms with Crippen LogP contribution in [0.5, 0.6) is 0 Å². The molecule has 0 atom stereocenters. The van der Waals surface area contributed by atoms with Crippen LogP contribution in [0.25, 0.3) is 0 Å². The standard InChI is InChI=1S/C17H23N5S.HI/c1-14-4-2-3-5-15(14)6-7-19-16(18)21-9-11-22(12-10-21)17-20-8-13-23-17;/h2-5,8,13H,6-7,9-12H2,1H3,(H2,18,19);1H. The first-order valence-corrected chi connectivity index (χ1v) is 8.86. The second kappa shape index (κ2) is 9.22. The molecule has 0 unspecified atom stereocenters. The maximum absolute atomic E-state index is 6.16. The highest BCUT2D eigenvalue weighted by Crippen LogP contribution is 2.18. The minimum Gasteiger partial charge on any atom is -0.370 e. The van der Waals surface area contributed by atoms with Crippen molar-refractivity contribution >= 4 is 46.4 Å². The molecule has 2 aromatic rings. The largest absolute Gasteiger partial charge is 0.370 e. The van der Waals surface area contributed by atoms with E-state index >= 15 is 0 Å². The molecule has 3 rings (SSSR count). The molecule has 0 amide bonds. The number of benzene rings is 1. The monoisotopic (exact) mass is 457 g/mol. The summed E-state index contributed by atoms with van der Waals surface area (Å²) in [6.45, 7) is 6.57. The van der Waals surface area contributed by atoms with Gasteiger partial charge in [-0.25, -0.2) is 4.98 Å². The summed E-state index contributed by atoms with van der Waals surface area (Å²) in [4.78, 5) is 13.4. The molecule has 1 fully saturated rings. The zero-order valence-corrected chi connectivity index (χ0v) is 17.0. The van der Waals surface area contributed by atoms with Gasteiger partial charge in [-0.3, -0.25) is 4.99 Å². The van der Waals surface area contributed by atoms with Crippen LogP contribution < -0.4 is 10.6 Å². The van der Waals surface area contributed by atoms with Crippen LogP contribution in [0.2, 0.25) is 0 Å². The number of aromatic nitrogens is 1. The maximum atomic E-state index is 6.16. The van der Waals surface area contributed by atoms with E-state index in [2.05, 4.69) is 51.0 Å². The number of anilines is 1. The second-order valence-electron chi connectivity index (χ2n) is 5.71. The van der Waals surface area contributed by atoms with Gasteiger partial charge in [-0.05, 0) is 24.5 Å². The van der Waals surface area contributed by atoms with Crippen LogP contribution in [0.3, 0.4) is 0 Å². The minimum atomic E-state index is 0. The van der Waals surface area contributed by atoms with E-state index in [0.717, 1.165) is 44.3 Å². The molecule has 1 aromatic heterocycles. The second-order valence-corrected chi connectivity index (χ2v) is 6.58. The zero-order valence-electron chi connectivity index (χ0n) is 13.9. The Kier molecular flexibility index (Phi) is 7.29. The number of guanidine groups is 1. The third-order valence-corrected chi connectivity index (χ3v) is 5.04. The van der Waals surface area contributed by atoms with Gasteiger partial charge in [-0.1, -0.05) is 24.3 Å². The van der Waals surface area contributed by atoms with E-state index in [1.54, 1.807) is 11.3 Å². The normalized spacial score (nSPS) is 15.3. The molecular weight excluding hydrogens is 433 g/mol.